The molecule has 0 saturated heterocycles. The number of rotatable bonds is 26. The van der Waals surface area contributed by atoms with E-state index in [0.29, 0.717) is 46.1 Å². The Bertz CT molecular complexity index is 4840. The molecule has 0 spiro atoms. The SMILES string of the molecule is CC(=O)Nc1cn(C)c(NC(=O)c2cc(NC(=O)c3cc(NC(=O)CCC(=O)Nc4cn(C)cc4NC(=O)CCCC(=O)Nc4cc(C(=O)NCCC(=O)Nc5cn(C)c(C(=O)Nc6cc(/C=C(\C)C(=O)N7CC(CCl)c8c7cc(O)c7ccccc87)n(C)c6)n5)n(C)c4)n(C)c3)n(C)c2)n1. The summed E-state index contributed by atoms with van der Waals surface area (Å²) in [6.45, 7) is 3.31. The Kier molecular flexibility index (Phi) is 21.5. The van der Waals surface area contributed by atoms with Gasteiger partial charge >= 0.3 is 0 Å². The second-order valence-corrected chi connectivity index (χ2v) is 24.7. The van der Waals surface area contributed by atoms with Gasteiger partial charge < -0.3 is 89.8 Å². The minimum atomic E-state index is -0.570. The number of phenols is 1. The van der Waals surface area contributed by atoms with Crippen LogP contribution in [0.2, 0.25) is 0 Å². The van der Waals surface area contributed by atoms with E-state index in [1.807, 2.05) is 24.3 Å². The third-order valence-corrected chi connectivity index (χ3v) is 16.8. The number of fused-ring (bicyclic) bond motifs is 3. The molecule has 0 radical (unpaired) electrons. The van der Waals surface area contributed by atoms with Gasteiger partial charge in [-0.1, -0.05) is 24.3 Å². The smallest absolute Gasteiger partial charge is 0.291 e. The number of alkyl halides is 1. The number of nitrogens with one attached hydrogen (secondary N) is 10. The van der Waals surface area contributed by atoms with Crippen molar-refractivity contribution in [2.45, 2.75) is 58.3 Å². The molecule has 101 heavy (non-hydrogen) atoms. The molecule has 1 aliphatic heterocycles. The molecule has 0 aliphatic carbocycles. The maximum Gasteiger partial charge on any atom is 0.291 e. The van der Waals surface area contributed by atoms with Gasteiger partial charge in [0.15, 0.2) is 11.6 Å². The average molecular weight is 1400 g/mol. The molecule has 526 valence electrons. The lowest BCUT2D eigenvalue weighted by Gasteiger charge is -2.19. The molecule has 0 bridgehead atoms. The number of anilines is 10. The summed E-state index contributed by atoms with van der Waals surface area (Å²) in [6, 6.07) is 15.2. The molecule has 1 atom stereocenters. The third-order valence-electron chi connectivity index (χ3n) is 16.4. The third kappa shape index (κ3) is 17.1. The predicted octanol–water partition coefficient (Wildman–Crippen LogP) is 7.06. The maximum absolute atomic E-state index is 13.9. The Morgan fingerprint density at radius 2 is 1.11 bits per heavy atom. The van der Waals surface area contributed by atoms with Crippen molar-refractivity contribution >= 4 is 151 Å². The van der Waals surface area contributed by atoms with Gasteiger partial charge in [-0.15, -0.1) is 11.6 Å². The lowest BCUT2D eigenvalue weighted by molar-refractivity contribution is -0.121. The van der Waals surface area contributed by atoms with Crippen LogP contribution in [-0.4, -0.2) is 131 Å². The number of carbonyl (C=O) groups is 11. The fourth-order valence-corrected chi connectivity index (χ4v) is 11.7. The minimum absolute atomic E-state index is 0.0101. The molecule has 1 aliphatic rings. The molecule has 32 nitrogen and oxygen atoms in total. The first-order valence-electron chi connectivity index (χ1n) is 31.8. The molecule has 33 heteroatoms. The van der Waals surface area contributed by atoms with E-state index in [1.54, 1.807) is 112 Å². The normalized spacial score (nSPS) is 12.6. The average Bonchev–Trinajstić information content (AvgIpc) is 1.60. The fourth-order valence-electron chi connectivity index (χ4n) is 11.5. The minimum Gasteiger partial charge on any atom is -0.507 e. The zero-order chi connectivity index (χ0) is 72.7. The van der Waals surface area contributed by atoms with Gasteiger partial charge in [-0.3, -0.25) is 58.1 Å². The lowest BCUT2D eigenvalue weighted by Crippen LogP contribution is -2.30. The van der Waals surface area contributed by atoms with Gasteiger partial charge in [0.1, 0.15) is 23.1 Å². The number of hydrogen-bond donors (Lipinski definition) is 11. The van der Waals surface area contributed by atoms with Crippen molar-refractivity contribution in [2.24, 2.45) is 49.3 Å². The van der Waals surface area contributed by atoms with E-state index >= 15 is 0 Å². The summed E-state index contributed by atoms with van der Waals surface area (Å²) in [6.07, 6.45) is 13.5. The van der Waals surface area contributed by atoms with Gasteiger partial charge in [0.2, 0.25) is 47.2 Å². The summed E-state index contributed by atoms with van der Waals surface area (Å²) in [5, 5.41) is 39.4. The Labute approximate surface area is 582 Å². The van der Waals surface area contributed by atoms with Gasteiger partial charge in [-0.25, -0.2) is 4.98 Å². The summed E-state index contributed by atoms with van der Waals surface area (Å²) < 4.78 is 10.9. The highest BCUT2D eigenvalue weighted by Gasteiger charge is 2.35. The van der Waals surface area contributed by atoms with Crippen molar-refractivity contribution in [3.8, 4) is 5.75 Å². The van der Waals surface area contributed by atoms with E-state index in [4.69, 9.17) is 11.6 Å². The number of benzene rings is 2. The second-order valence-electron chi connectivity index (χ2n) is 24.4. The first kappa shape index (κ1) is 71.3. The molecule has 0 fully saturated rings. The van der Waals surface area contributed by atoms with Gasteiger partial charge in [0.05, 0.1) is 39.6 Å². The number of aromatic hydroxyl groups is 1. The molecule has 10 rings (SSSR count). The summed E-state index contributed by atoms with van der Waals surface area (Å²) >= 11 is 6.40. The second kappa shape index (κ2) is 30.5. The van der Waals surface area contributed by atoms with Crippen LogP contribution in [0, 0.1) is 0 Å². The number of imidazole rings is 2. The van der Waals surface area contributed by atoms with Crippen molar-refractivity contribution in [1.29, 1.82) is 0 Å². The molecule has 1 unspecified atom stereocenters. The molecule has 11 amide bonds. The number of hydrogen-bond acceptors (Lipinski definition) is 14. The van der Waals surface area contributed by atoms with Gasteiger partial charge in [-0.2, -0.15) is 4.98 Å². The summed E-state index contributed by atoms with van der Waals surface area (Å²) in [7, 11) is 11.6. The standard InChI is InChI=1S/C68H75ClN20O12/c1-37(67(101)89-30-41(27-69)61-46-14-11-10-13-45(46)51(91)26-49(61)89)21-44-24-42(31-83(44)4)73-66(100)62-77-53(35-87(62)8)76-60(96)19-20-70-65(99)50-25-43(32-84(50)5)72-56(92)15-12-16-57(93)74-47-33-82(3)34-48(47)75-58(94)17-18-59(95)79-54-22-39(28-85(54)6)63(97)80-55-23-40(29-86(55)7)64(98)81-68-78-52(36-88(68)9)71-38(2)90/h10-11,13-14,21-26,28-29,31-36,41,91H,12,15-20,27,30H2,1-9H3,(H,70,99)(H,71,90)(H,72,92)(H,73,100)(H,74,93)(H,75,94)(H,76,96)(H,79,95)(H,80,97)(H,78,81,98)/b37-21+. The first-order chi connectivity index (χ1) is 48.1. The van der Waals surface area contributed by atoms with E-state index in [0.717, 1.165) is 10.9 Å². The van der Waals surface area contributed by atoms with Crippen LogP contribution in [0.3, 0.4) is 0 Å². The molecule has 2 aromatic carbocycles. The van der Waals surface area contributed by atoms with Crippen molar-refractivity contribution in [3.05, 3.63) is 144 Å². The zero-order valence-electron chi connectivity index (χ0n) is 56.6. The Balaban J connectivity index is 0.611. The molecule has 8 heterocycles. The Morgan fingerprint density at radius 3 is 1.77 bits per heavy atom. The van der Waals surface area contributed by atoms with Crippen LogP contribution in [0.25, 0.3) is 16.8 Å². The van der Waals surface area contributed by atoms with Crippen LogP contribution in [-0.2, 0) is 82.9 Å². The summed E-state index contributed by atoms with van der Waals surface area (Å²) in [5.41, 5.74) is 4.44. The number of aryl methyl sites for hydroxylation is 7. The van der Waals surface area contributed by atoms with E-state index in [2.05, 4.69) is 63.1 Å². The van der Waals surface area contributed by atoms with Crippen LogP contribution in [0.4, 0.5) is 57.7 Å². The first-order valence-corrected chi connectivity index (χ1v) is 32.3. The number of nitrogens with zero attached hydrogens (tertiary/aromatic N) is 10. The molecular weight excluding hydrogens is 1320 g/mol. The quantitative estimate of drug-likeness (QED) is 0.0191. The van der Waals surface area contributed by atoms with E-state index in [-0.39, 0.29) is 132 Å². The molecule has 7 aromatic heterocycles. The van der Waals surface area contributed by atoms with Crippen LogP contribution in [0.5, 0.6) is 5.75 Å². The number of amides is 11. The highest BCUT2D eigenvalue weighted by atomic mass is 35.5. The monoisotopic (exact) mass is 1400 g/mol. The van der Waals surface area contributed by atoms with Crippen LogP contribution in [0.15, 0.2) is 110 Å². The molecular formula is C68H75ClN20O12. The van der Waals surface area contributed by atoms with Crippen LogP contribution in [0.1, 0.15) is 111 Å². The van der Waals surface area contributed by atoms with Crippen molar-refractivity contribution in [1.82, 2.24) is 47.3 Å². The number of carbonyl (C=O) groups excluding carboxylic acids is 11. The highest BCUT2D eigenvalue weighted by molar-refractivity contribution is 6.19. The summed E-state index contributed by atoms with van der Waals surface area (Å²) in [5.74, 6) is -3.79. The topological polar surface area (TPSA) is 392 Å². The zero-order valence-corrected chi connectivity index (χ0v) is 57.4. The van der Waals surface area contributed by atoms with Gasteiger partial charge in [0.25, 0.3) is 29.5 Å². The van der Waals surface area contributed by atoms with E-state index < -0.39 is 53.2 Å². The highest BCUT2D eigenvalue weighted by Crippen LogP contribution is 2.46. The molecule has 11 N–H and O–H groups in total. The van der Waals surface area contributed by atoms with Crippen molar-refractivity contribution in [3.63, 3.8) is 0 Å². The van der Waals surface area contributed by atoms with Gasteiger partial charge in [0, 0.05) is 186 Å². The Morgan fingerprint density at radius 1 is 0.535 bits per heavy atom. The fraction of sp³-hybridized carbons (Fsp3) is 0.279. The molecule has 0 saturated carbocycles. The van der Waals surface area contributed by atoms with E-state index in [9.17, 15) is 57.8 Å². The lowest BCUT2D eigenvalue weighted by atomic mass is 9.95. The summed E-state index contributed by atoms with van der Waals surface area (Å²) in [4.78, 5) is 154. The number of phenolic OH excluding ortho intramolecular Hbond substituents is 1. The predicted molar refractivity (Wildman–Crippen MR) is 380 cm³/mol. The van der Waals surface area contributed by atoms with Crippen LogP contribution >= 0.6 is 11.6 Å². The molecule has 9 aromatic rings. The van der Waals surface area contributed by atoms with Crippen molar-refractivity contribution in [2.75, 3.05) is 71.7 Å². The maximum atomic E-state index is 13.9. The van der Waals surface area contributed by atoms with Gasteiger partial charge in [-0.05, 0) is 54.6 Å². The number of aromatic nitrogens is 9. The van der Waals surface area contributed by atoms with Crippen molar-refractivity contribution < 1.29 is 57.8 Å². The number of halogens is 1. The largest absolute Gasteiger partial charge is 0.507 e. The Hall–Kier alpha value is -12.5. The van der Waals surface area contributed by atoms with Crippen LogP contribution < -0.4 is 58.1 Å². The van der Waals surface area contributed by atoms with E-state index in [1.165, 1.54) is 74.4 Å².